The van der Waals surface area contributed by atoms with E-state index in [-0.39, 0.29) is 28.1 Å². The molecule has 0 aliphatic rings. The highest BCUT2D eigenvalue weighted by molar-refractivity contribution is 6.07. The van der Waals surface area contributed by atoms with Gasteiger partial charge in [0.15, 0.2) is 0 Å². The number of nitrogens with one attached hydrogen (secondary N) is 2. The van der Waals surface area contributed by atoms with Crippen LogP contribution in [-0.2, 0) is 14.3 Å². The van der Waals surface area contributed by atoms with Crippen LogP contribution in [0.1, 0.15) is 20.7 Å². The molecule has 0 unspecified atom stereocenters. The van der Waals surface area contributed by atoms with Gasteiger partial charge in [-0.3, -0.25) is 4.79 Å². The summed E-state index contributed by atoms with van der Waals surface area (Å²) in [5, 5.41) is 23.9. The first-order valence-electron chi connectivity index (χ1n) is 8.17. The molecule has 3 N–H and O–H groups in total. The van der Waals surface area contributed by atoms with Gasteiger partial charge in [0.25, 0.3) is 5.91 Å². The van der Waals surface area contributed by atoms with E-state index in [4.69, 9.17) is 4.74 Å². The second kappa shape index (κ2) is 9.57. The van der Waals surface area contributed by atoms with Crippen LogP contribution in [0, 0.1) is 11.3 Å². The van der Waals surface area contributed by atoms with Crippen molar-refractivity contribution in [3.8, 4) is 11.8 Å². The molecule has 2 aromatic carbocycles. The number of amides is 1. The number of hydrogen-bond donors (Lipinski definition) is 3. The molecule has 2 aromatic rings. The van der Waals surface area contributed by atoms with Gasteiger partial charge in [-0.1, -0.05) is 6.07 Å². The summed E-state index contributed by atoms with van der Waals surface area (Å²) >= 11 is 0. The van der Waals surface area contributed by atoms with E-state index < -0.39 is 17.8 Å². The van der Waals surface area contributed by atoms with Crippen LogP contribution in [0.4, 0.5) is 11.4 Å². The third-order valence-electron chi connectivity index (χ3n) is 3.69. The van der Waals surface area contributed by atoms with Crippen LogP contribution in [0.2, 0.25) is 0 Å². The Labute approximate surface area is 166 Å². The summed E-state index contributed by atoms with van der Waals surface area (Å²) in [6, 6.07) is 11.6. The monoisotopic (exact) mass is 395 g/mol. The minimum Gasteiger partial charge on any atom is -0.508 e. The molecule has 29 heavy (non-hydrogen) atoms. The van der Waals surface area contributed by atoms with Gasteiger partial charge in [-0.2, -0.15) is 5.26 Å². The highest BCUT2D eigenvalue weighted by Crippen LogP contribution is 2.21. The average Bonchev–Trinajstić information content (AvgIpc) is 2.72. The molecule has 2 rings (SSSR count). The first-order valence-corrected chi connectivity index (χ1v) is 8.17. The van der Waals surface area contributed by atoms with E-state index in [2.05, 4.69) is 15.4 Å². The van der Waals surface area contributed by atoms with Crippen molar-refractivity contribution in [3.63, 3.8) is 0 Å². The second-order valence-corrected chi connectivity index (χ2v) is 5.56. The maximum atomic E-state index is 12.3. The Hall–Kier alpha value is -4.32. The number of phenolic OH excluding ortho intramolecular Hbond substituents is 1. The van der Waals surface area contributed by atoms with Gasteiger partial charge in [0.05, 0.1) is 31.0 Å². The summed E-state index contributed by atoms with van der Waals surface area (Å²) in [5.41, 5.74) is 0.352. The lowest BCUT2D eigenvalue weighted by Gasteiger charge is -2.10. The van der Waals surface area contributed by atoms with Crippen LogP contribution >= 0.6 is 0 Å². The van der Waals surface area contributed by atoms with Gasteiger partial charge < -0.3 is 25.2 Å². The minimum absolute atomic E-state index is 0.0502. The summed E-state index contributed by atoms with van der Waals surface area (Å²) in [7, 11) is 2.41. The summed E-state index contributed by atoms with van der Waals surface area (Å²) in [5.74, 6) is -2.10. The fourth-order valence-corrected chi connectivity index (χ4v) is 2.28. The highest BCUT2D eigenvalue weighted by atomic mass is 16.5. The number of carbonyl (C=O) groups is 3. The smallest absolute Gasteiger partial charge is 0.339 e. The number of hydrogen-bond acceptors (Lipinski definition) is 8. The summed E-state index contributed by atoms with van der Waals surface area (Å²) in [6.07, 6.45) is 1.08. The van der Waals surface area contributed by atoms with Gasteiger partial charge in [-0.05, 0) is 30.3 Å². The Balaban J connectivity index is 2.30. The zero-order valence-corrected chi connectivity index (χ0v) is 15.6. The zero-order valence-electron chi connectivity index (χ0n) is 15.6. The average molecular weight is 395 g/mol. The molecule has 0 aromatic heterocycles. The Bertz CT molecular complexity index is 1020. The van der Waals surface area contributed by atoms with E-state index in [1.165, 1.54) is 56.7 Å². The van der Waals surface area contributed by atoms with Crippen molar-refractivity contribution >= 4 is 29.2 Å². The van der Waals surface area contributed by atoms with Gasteiger partial charge in [-0.15, -0.1) is 0 Å². The van der Waals surface area contributed by atoms with Gasteiger partial charge in [-0.25, -0.2) is 9.59 Å². The summed E-state index contributed by atoms with van der Waals surface area (Å²) in [4.78, 5) is 36.0. The molecule has 0 bridgehead atoms. The van der Waals surface area contributed by atoms with E-state index in [9.17, 15) is 24.8 Å². The van der Waals surface area contributed by atoms with E-state index in [0.29, 0.717) is 5.69 Å². The number of aromatic hydroxyl groups is 1. The second-order valence-electron chi connectivity index (χ2n) is 5.56. The molecule has 0 saturated carbocycles. The first kappa shape index (κ1) is 21.0. The minimum atomic E-state index is -0.741. The molecule has 0 saturated heterocycles. The molecule has 0 aliphatic carbocycles. The maximum Gasteiger partial charge on any atom is 0.339 e. The zero-order chi connectivity index (χ0) is 21.4. The Kier molecular flexibility index (Phi) is 6.92. The fraction of sp³-hybridized carbons (Fsp3) is 0.100. The van der Waals surface area contributed by atoms with E-state index in [1.54, 1.807) is 6.07 Å². The van der Waals surface area contributed by atoms with Gasteiger partial charge in [0, 0.05) is 18.0 Å². The predicted molar refractivity (Wildman–Crippen MR) is 103 cm³/mol. The molecule has 1 amide bonds. The number of carbonyl (C=O) groups excluding carboxylic acids is 3. The predicted octanol–water partition coefficient (Wildman–Crippen LogP) is 2.42. The summed E-state index contributed by atoms with van der Waals surface area (Å²) in [6.45, 7) is 0. The number of rotatable bonds is 6. The van der Waals surface area contributed by atoms with E-state index in [1.807, 2.05) is 0 Å². The van der Waals surface area contributed by atoms with Gasteiger partial charge in [0.1, 0.15) is 17.4 Å². The van der Waals surface area contributed by atoms with Crippen molar-refractivity contribution < 1.29 is 29.0 Å². The van der Waals surface area contributed by atoms with Crippen LogP contribution in [-0.4, -0.2) is 37.2 Å². The highest BCUT2D eigenvalue weighted by Gasteiger charge is 2.16. The Morgan fingerprint density at radius 2 is 1.79 bits per heavy atom. The molecule has 9 nitrogen and oxygen atoms in total. The molecule has 148 valence electrons. The van der Waals surface area contributed by atoms with Crippen LogP contribution in [0.5, 0.6) is 5.75 Å². The van der Waals surface area contributed by atoms with Crippen molar-refractivity contribution in [1.82, 2.24) is 0 Å². The number of nitrogens with zero attached hydrogens (tertiary/aromatic N) is 1. The number of methoxy groups -OCH3 is 2. The van der Waals surface area contributed by atoms with Crippen LogP contribution < -0.4 is 10.6 Å². The number of esters is 2. The molecule has 0 spiro atoms. The van der Waals surface area contributed by atoms with Crippen molar-refractivity contribution in [1.29, 1.82) is 5.26 Å². The standard InChI is InChI=1S/C20H17N3O6/c1-28-19(26)12-6-7-16(20(27)29-2)17(8-12)22-11-13(10-21)18(25)23-14-4-3-5-15(24)9-14/h3-9,11,22,24H,1-2H3,(H,23,25)/b13-11-. The van der Waals surface area contributed by atoms with Crippen LogP contribution in [0.15, 0.2) is 54.2 Å². The van der Waals surface area contributed by atoms with Crippen LogP contribution in [0.3, 0.4) is 0 Å². The van der Waals surface area contributed by atoms with E-state index in [0.717, 1.165) is 6.20 Å². The van der Waals surface area contributed by atoms with Crippen molar-refractivity contribution in [2.24, 2.45) is 0 Å². The fourth-order valence-electron chi connectivity index (χ4n) is 2.28. The molecule has 0 atom stereocenters. The Morgan fingerprint density at radius 1 is 1.07 bits per heavy atom. The number of benzene rings is 2. The normalized spacial score (nSPS) is 10.4. The topological polar surface area (TPSA) is 138 Å². The molecular formula is C20H17N3O6. The molecule has 0 aliphatic heterocycles. The third-order valence-corrected chi connectivity index (χ3v) is 3.69. The molecule has 9 heteroatoms. The van der Waals surface area contributed by atoms with Gasteiger partial charge >= 0.3 is 11.9 Å². The molecule has 0 fully saturated rings. The lowest BCUT2D eigenvalue weighted by molar-refractivity contribution is -0.112. The largest absolute Gasteiger partial charge is 0.508 e. The Morgan fingerprint density at radius 3 is 2.41 bits per heavy atom. The number of ether oxygens (including phenoxy) is 2. The maximum absolute atomic E-state index is 12.3. The lowest BCUT2D eigenvalue weighted by Crippen LogP contribution is -2.15. The third kappa shape index (κ3) is 5.33. The molecular weight excluding hydrogens is 378 g/mol. The van der Waals surface area contributed by atoms with Crippen molar-refractivity contribution in [3.05, 3.63) is 65.4 Å². The van der Waals surface area contributed by atoms with Gasteiger partial charge in [0.2, 0.25) is 0 Å². The van der Waals surface area contributed by atoms with E-state index >= 15 is 0 Å². The first-order chi connectivity index (χ1) is 13.9. The lowest BCUT2D eigenvalue weighted by atomic mass is 10.1. The van der Waals surface area contributed by atoms with Crippen molar-refractivity contribution in [2.75, 3.05) is 24.9 Å². The number of anilines is 2. The number of nitriles is 1. The molecule has 0 heterocycles. The molecule has 0 radical (unpaired) electrons. The van der Waals surface area contributed by atoms with Crippen molar-refractivity contribution in [2.45, 2.75) is 0 Å². The SMILES string of the molecule is COC(=O)c1ccc(C(=O)OC)c(N/C=C(/C#N)C(=O)Nc2cccc(O)c2)c1. The number of phenols is 1. The summed E-state index contributed by atoms with van der Waals surface area (Å²) < 4.78 is 9.33. The van der Waals surface area contributed by atoms with Crippen LogP contribution in [0.25, 0.3) is 0 Å². The quantitative estimate of drug-likeness (QED) is 0.385.